The van der Waals surface area contributed by atoms with Gasteiger partial charge in [-0.1, -0.05) is 117 Å². The first kappa shape index (κ1) is 64.1. The molecule has 0 N–H and O–H groups in total. The van der Waals surface area contributed by atoms with Crippen LogP contribution in [0.3, 0.4) is 0 Å². The van der Waals surface area contributed by atoms with E-state index < -0.39 is 0 Å². The van der Waals surface area contributed by atoms with Crippen LogP contribution in [0.5, 0.6) is 0 Å². The molecule has 1 aliphatic heterocycles. The van der Waals surface area contributed by atoms with Gasteiger partial charge in [-0.15, -0.1) is 0 Å². The number of hydrogen-bond acceptors (Lipinski definition) is 10. The Hall–Kier alpha value is -3.46. The van der Waals surface area contributed by atoms with Gasteiger partial charge in [0.15, 0.2) is 0 Å². The van der Waals surface area contributed by atoms with E-state index in [1.165, 1.54) is 72.2 Å². The van der Waals surface area contributed by atoms with Gasteiger partial charge in [-0.3, -0.25) is 29.0 Å². The van der Waals surface area contributed by atoms with Gasteiger partial charge in [-0.2, -0.15) is 10.2 Å². The van der Waals surface area contributed by atoms with Crippen LogP contribution in [-0.2, 0) is 44.9 Å². The molecule has 8 atom stereocenters. The molecule has 2 aromatic heterocycles. The topological polar surface area (TPSA) is 85.5 Å². The van der Waals surface area contributed by atoms with Crippen LogP contribution in [0.15, 0.2) is 73.1 Å². The van der Waals surface area contributed by atoms with E-state index in [0.29, 0.717) is 61.9 Å². The van der Waals surface area contributed by atoms with E-state index in [4.69, 9.17) is 29.1 Å². The van der Waals surface area contributed by atoms with Crippen molar-refractivity contribution in [1.29, 1.82) is 0 Å². The van der Waals surface area contributed by atoms with Crippen molar-refractivity contribution in [1.82, 2.24) is 39.2 Å². The highest BCUT2D eigenvalue weighted by Gasteiger charge is 2.30. The summed E-state index contributed by atoms with van der Waals surface area (Å²) < 4.78 is 32.8. The number of hydrogen-bond donors (Lipinski definition) is 0. The van der Waals surface area contributed by atoms with Crippen molar-refractivity contribution < 1.29 is 18.9 Å². The maximum atomic E-state index is 7.25. The van der Waals surface area contributed by atoms with Crippen LogP contribution in [0.25, 0.3) is 0 Å². The quantitative estimate of drug-likeness (QED) is 0.0960. The average Bonchev–Trinajstić information content (AvgIpc) is 4.02. The van der Waals surface area contributed by atoms with Crippen LogP contribution in [0.4, 0.5) is 0 Å². The molecular formula is C68H112N8O4. The first-order valence-corrected chi connectivity index (χ1v) is 31.8. The highest BCUT2D eigenvalue weighted by Crippen LogP contribution is 2.37. The molecule has 2 aromatic carbocycles. The van der Waals surface area contributed by atoms with Gasteiger partial charge >= 0.3 is 0 Å². The minimum absolute atomic E-state index is 0.00691. The smallest absolute Gasteiger partial charge is 0.0743 e. The summed E-state index contributed by atoms with van der Waals surface area (Å²) in [5, 5.41) is 9.48. The molecule has 2 saturated carbocycles. The predicted molar refractivity (Wildman–Crippen MR) is 330 cm³/mol. The lowest BCUT2D eigenvalue weighted by molar-refractivity contribution is -0.0536. The van der Waals surface area contributed by atoms with Gasteiger partial charge in [-0.05, 0) is 164 Å². The fourth-order valence-corrected chi connectivity index (χ4v) is 12.7. The Kier molecular flexibility index (Phi) is 25.6. The molecule has 3 heterocycles. The monoisotopic (exact) mass is 1100 g/mol. The molecule has 0 spiro atoms. The summed E-state index contributed by atoms with van der Waals surface area (Å²) in [5.74, 6) is 3.43. The van der Waals surface area contributed by atoms with E-state index in [0.717, 1.165) is 77.8 Å². The molecule has 3 fully saturated rings. The molecule has 0 radical (unpaired) electrons. The van der Waals surface area contributed by atoms with Crippen molar-refractivity contribution in [3.8, 4) is 0 Å². The van der Waals surface area contributed by atoms with Crippen molar-refractivity contribution in [2.24, 2.45) is 23.7 Å². The lowest BCUT2D eigenvalue weighted by atomic mass is 9.83. The molecule has 0 amide bonds. The zero-order valence-corrected chi connectivity index (χ0v) is 52.8. The number of benzene rings is 2. The molecule has 448 valence electrons. The van der Waals surface area contributed by atoms with Crippen molar-refractivity contribution in [3.63, 3.8) is 0 Å². The highest BCUT2D eigenvalue weighted by atomic mass is 16.5. The first-order valence-electron chi connectivity index (χ1n) is 31.8. The third kappa shape index (κ3) is 20.4. The van der Waals surface area contributed by atoms with Gasteiger partial charge in [0.05, 0.1) is 63.9 Å². The number of aromatic nitrogens is 4. The molecule has 3 aliphatic rings. The van der Waals surface area contributed by atoms with Crippen LogP contribution in [0, 0.1) is 23.7 Å². The fraction of sp³-hybridized carbons (Fsp3) is 0.735. The second kappa shape index (κ2) is 32.0. The van der Waals surface area contributed by atoms with Crippen LogP contribution in [-0.4, -0.2) is 169 Å². The molecule has 7 rings (SSSR count). The van der Waals surface area contributed by atoms with Gasteiger partial charge in [0.2, 0.25) is 0 Å². The van der Waals surface area contributed by atoms with Crippen LogP contribution >= 0.6 is 0 Å². The summed E-state index contributed by atoms with van der Waals surface area (Å²) >= 11 is 0. The van der Waals surface area contributed by atoms with E-state index in [-0.39, 0.29) is 48.6 Å². The normalized spacial score (nSPS) is 26.5. The number of ether oxygens (including phenoxy) is 4. The Morgan fingerprint density at radius 2 is 0.713 bits per heavy atom. The summed E-state index contributed by atoms with van der Waals surface area (Å²) in [6.45, 7) is 30.9. The van der Waals surface area contributed by atoms with Gasteiger partial charge in [0.1, 0.15) is 0 Å². The van der Waals surface area contributed by atoms with Crippen molar-refractivity contribution in [2.45, 2.75) is 220 Å². The molecule has 12 nitrogen and oxygen atoms in total. The molecular weight excluding hydrogens is 993 g/mol. The largest absolute Gasteiger partial charge is 0.376 e. The van der Waals surface area contributed by atoms with Crippen LogP contribution in [0.2, 0.25) is 0 Å². The second-order valence-electron chi connectivity index (χ2n) is 27.2. The summed E-state index contributed by atoms with van der Waals surface area (Å²) in [7, 11) is 9.17. The Morgan fingerprint density at radius 1 is 0.412 bits per heavy atom. The van der Waals surface area contributed by atoms with E-state index in [1.807, 2.05) is 12.4 Å². The molecule has 12 heteroatoms. The molecule has 2 aliphatic carbocycles. The Labute approximate surface area is 487 Å². The first-order chi connectivity index (χ1) is 38.3. The number of likely N-dealkylation sites (N-methyl/N-ethyl adjacent to an activating group) is 4. The fourth-order valence-electron chi connectivity index (χ4n) is 12.7. The predicted octanol–water partition coefficient (Wildman–Crippen LogP) is 12.5. The lowest BCUT2D eigenvalue weighted by Crippen LogP contribution is -2.47. The zero-order chi connectivity index (χ0) is 57.3. The van der Waals surface area contributed by atoms with Crippen LogP contribution in [0.1, 0.15) is 179 Å². The number of rotatable bonds is 18. The maximum Gasteiger partial charge on any atom is 0.0743 e. The Bertz CT molecular complexity index is 2150. The van der Waals surface area contributed by atoms with Crippen molar-refractivity contribution in [2.75, 3.05) is 80.8 Å². The third-order valence-electron chi connectivity index (χ3n) is 17.9. The van der Waals surface area contributed by atoms with E-state index in [1.54, 1.807) is 0 Å². The van der Waals surface area contributed by atoms with Crippen molar-refractivity contribution in [3.05, 3.63) is 107 Å². The van der Waals surface area contributed by atoms with Crippen molar-refractivity contribution >= 4 is 0 Å². The molecule has 4 aromatic rings. The SMILES string of the molecule is CC(C)C[C@H]1CO[C@H](C)CN(C)[C@@H](CC(C)C)CO[C@H](Cc2ccc(Cn3nccc3C3CCC3)cc2)CN(C)[C@@H](CC(C)C)CO[C@H](C)CN(C)[C@@H](CC(C)C)CO[C@H](Cc2ccc(Cn3nccc3C3CCC3)cc2)CN1C. The van der Waals surface area contributed by atoms with Crippen LogP contribution < -0.4 is 0 Å². The van der Waals surface area contributed by atoms with E-state index >= 15 is 0 Å². The van der Waals surface area contributed by atoms with Gasteiger partial charge in [-0.25, -0.2) is 0 Å². The summed E-state index contributed by atoms with van der Waals surface area (Å²) in [6.07, 6.45) is 17.8. The minimum atomic E-state index is 0.00691. The standard InChI is InChI=1S/C68H112N8O4/c1-49(2)33-61-45-77-53(9)39-71(11)64(36-52(7)8)48-80-66(38-56-23-27-58(28-24-56)42-76-68(30-32-70-76)60-19-16-20-60)44-74(14)62(34-50(3)4)46-78-54(10)40-72(12)63(35-51(5)6)47-79-65(43-73(61)13)37-55-21-25-57(26-22-55)41-75-67(29-31-69-75)59-17-15-18-59/h21-32,49-54,59-66H,15-20,33-48H2,1-14H3/t53-,54-,61+,62+,63+,64+,65-,66-/m1/s1. The molecule has 0 unspecified atom stereocenters. The molecule has 1 saturated heterocycles. The lowest BCUT2D eigenvalue weighted by Gasteiger charge is -2.37. The number of nitrogens with zero attached hydrogens (tertiary/aromatic N) is 8. The van der Waals surface area contributed by atoms with Gasteiger partial charge in [0.25, 0.3) is 0 Å². The Morgan fingerprint density at radius 3 is 1.01 bits per heavy atom. The summed E-state index contributed by atoms with van der Waals surface area (Å²) in [6, 6.07) is 24.0. The third-order valence-corrected chi connectivity index (χ3v) is 17.9. The molecule has 0 bridgehead atoms. The van der Waals surface area contributed by atoms with E-state index in [9.17, 15) is 0 Å². The highest BCUT2D eigenvalue weighted by molar-refractivity contribution is 5.26. The Balaban J connectivity index is 1.10. The average molecular weight is 1110 g/mol. The van der Waals surface area contributed by atoms with Gasteiger partial charge < -0.3 is 18.9 Å². The van der Waals surface area contributed by atoms with Gasteiger partial charge in [0, 0.05) is 86.0 Å². The zero-order valence-electron chi connectivity index (χ0n) is 52.8. The van der Waals surface area contributed by atoms with E-state index in [2.05, 4.69) is 187 Å². The summed E-state index contributed by atoms with van der Waals surface area (Å²) in [5.41, 5.74) is 7.97. The minimum Gasteiger partial charge on any atom is -0.376 e. The second-order valence-corrected chi connectivity index (χ2v) is 27.2. The maximum absolute atomic E-state index is 7.25. The molecule has 80 heavy (non-hydrogen) atoms. The summed E-state index contributed by atoms with van der Waals surface area (Å²) in [4.78, 5) is 10.1.